The molecule has 0 bridgehead atoms. The molecule has 1 aromatic rings. The fourth-order valence-electron chi connectivity index (χ4n) is 1.64. The van der Waals surface area contributed by atoms with Gasteiger partial charge in [-0.1, -0.05) is 19.4 Å². The summed E-state index contributed by atoms with van der Waals surface area (Å²) in [7, 11) is 0. The zero-order chi connectivity index (χ0) is 14.3. The molecule has 1 aromatic heterocycles. The monoisotopic (exact) mass is 265 g/mol. The Morgan fingerprint density at radius 1 is 1.53 bits per heavy atom. The summed E-state index contributed by atoms with van der Waals surface area (Å²) in [5, 5.41) is 2.81. The molecule has 1 amide bonds. The lowest BCUT2D eigenvalue weighted by atomic mass is 10.1. The smallest absolute Gasteiger partial charge is 0.237 e. The fraction of sp³-hybridized carbons (Fsp3) is 0.571. The Bertz CT molecular complexity index is 407. The van der Waals surface area contributed by atoms with Gasteiger partial charge in [-0.05, 0) is 26.3 Å². The lowest BCUT2D eigenvalue weighted by molar-refractivity contribution is -0.122. The predicted molar refractivity (Wildman–Crippen MR) is 74.7 cm³/mol. The van der Waals surface area contributed by atoms with E-state index < -0.39 is 6.04 Å². The van der Waals surface area contributed by atoms with Crippen molar-refractivity contribution in [2.24, 2.45) is 5.73 Å². The Hall–Kier alpha value is -1.62. The van der Waals surface area contributed by atoms with Gasteiger partial charge in [0.05, 0.1) is 12.1 Å². The summed E-state index contributed by atoms with van der Waals surface area (Å²) >= 11 is 0. The van der Waals surface area contributed by atoms with Crippen molar-refractivity contribution in [3.8, 4) is 5.88 Å². The maximum atomic E-state index is 11.7. The first-order chi connectivity index (χ1) is 9.04. The van der Waals surface area contributed by atoms with Gasteiger partial charge < -0.3 is 15.8 Å². The Kier molecular flexibility index (Phi) is 6.29. The van der Waals surface area contributed by atoms with Gasteiger partial charge >= 0.3 is 0 Å². The number of ether oxygens (including phenoxy) is 1. The Balaban J connectivity index is 2.59. The van der Waals surface area contributed by atoms with Gasteiger partial charge in [-0.15, -0.1) is 0 Å². The number of hydrogen-bond acceptors (Lipinski definition) is 4. The summed E-state index contributed by atoms with van der Waals surface area (Å²) in [6, 6.07) is 3.26. The number of nitrogens with two attached hydrogens (primary N) is 1. The largest absolute Gasteiger partial charge is 0.475 e. The Morgan fingerprint density at radius 2 is 2.26 bits per heavy atom. The number of rotatable bonds is 7. The maximum Gasteiger partial charge on any atom is 0.237 e. The summed E-state index contributed by atoms with van der Waals surface area (Å²) in [6.07, 6.45) is 3.30. The molecule has 0 spiro atoms. The molecule has 5 heteroatoms. The minimum atomic E-state index is -0.448. The molecule has 0 fully saturated rings. The van der Waals surface area contributed by atoms with Crippen LogP contribution in [0.2, 0.25) is 0 Å². The van der Waals surface area contributed by atoms with E-state index in [4.69, 9.17) is 10.5 Å². The first-order valence-electron chi connectivity index (χ1n) is 6.68. The lowest BCUT2D eigenvalue weighted by Crippen LogP contribution is -2.40. The number of pyridine rings is 1. The van der Waals surface area contributed by atoms with Crippen LogP contribution in [0.3, 0.4) is 0 Å². The van der Waals surface area contributed by atoms with Crippen LogP contribution in [0.5, 0.6) is 5.88 Å². The minimum Gasteiger partial charge on any atom is -0.475 e. The molecule has 1 unspecified atom stereocenters. The summed E-state index contributed by atoms with van der Waals surface area (Å²) in [4.78, 5) is 15.9. The Labute approximate surface area is 114 Å². The molecule has 0 radical (unpaired) electrons. The van der Waals surface area contributed by atoms with E-state index in [1.54, 1.807) is 6.20 Å². The number of amides is 1. The zero-order valence-electron chi connectivity index (χ0n) is 11.8. The topological polar surface area (TPSA) is 77.2 Å². The van der Waals surface area contributed by atoms with E-state index >= 15 is 0 Å². The normalized spacial score (nSPS) is 12.3. The van der Waals surface area contributed by atoms with Crippen LogP contribution in [0.1, 0.15) is 39.2 Å². The molecule has 5 nitrogen and oxygen atoms in total. The number of carbonyl (C=O) groups is 1. The highest BCUT2D eigenvalue weighted by Crippen LogP contribution is 2.15. The lowest BCUT2D eigenvalue weighted by Gasteiger charge is -2.14. The van der Waals surface area contributed by atoms with E-state index in [0.29, 0.717) is 18.8 Å². The average molecular weight is 265 g/mol. The summed E-state index contributed by atoms with van der Waals surface area (Å²) < 4.78 is 5.59. The van der Waals surface area contributed by atoms with Gasteiger partial charge in [0, 0.05) is 18.3 Å². The molecule has 0 aliphatic carbocycles. The number of carbonyl (C=O) groups excluding carboxylic acids is 1. The van der Waals surface area contributed by atoms with Crippen LogP contribution in [-0.2, 0) is 11.3 Å². The molecular weight excluding hydrogens is 242 g/mol. The number of nitrogens with one attached hydrogen (secondary N) is 1. The van der Waals surface area contributed by atoms with E-state index in [2.05, 4.69) is 10.3 Å². The first kappa shape index (κ1) is 15.4. The molecule has 3 N–H and O–H groups in total. The maximum absolute atomic E-state index is 11.7. The van der Waals surface area contributed by atoms with Gasteiger partial charge in [-0.2, -0.15) is 0 Å². The molecule has 1 heterocycles. The second-order valence-electron chi connectivity index (χ2n) is 4.75. The van der Waals surface area contributed by atoms with Crippen molar-refractivity contribution < 1.29 is 9.53 Å². The molecule has 1 rings (SSSR count). The summed E-state index contributed by atoms with van der Waals surface area (Å²) in [5.41, 5.74) is 6.61. The van der Waals surface area contributed by atoms with Crippen molar-refractivity contribution >= 4 is 5.91 Å². The molecular formula is C14H23N3O2. The molecule has 1 atom stereocenters. The second kappa shape index (κ2) is 7.74. The molecule has 0 aliphatic heterocycles. The van der Waals surface area contributed by atoms with Crippen molar-refractivity contribution in [1.82, 2.24) is 10.3 Å². The standard InChI is InChI=1S/C14H23N3O2/c1-4-6-12(15)13(18)17-9-11-7-5-8-16-14(11)19-10(2)3/h5,7-8,10,12H,4,6,9,15H2,1-3H3,(H,17,18). The van der Waals surface area contributed by atoms with Crippen LogP contribution in [0.25, 0.3) is 0 Å². The van der Waals surface area contributed by atoms with Gasteiger partial charge in [-0.3, -0.25) is 4.79 Å². The second-order valence-corrected chi connectivity index (χ2v) is 4.75. The highest BCUT2D eigenvalue weighted by Gasteiger charge is 2.13. The minimum absolute atomic E-state index is 0.0479. The van der Waals surface area contributed by atoms with E-state index in [0.717, 1.165) is 12.0 Å². The third-order valence-electron chi connectivity index (χ3n) is 2.59. The molecule has 106 valence electrons. The summed E-state index contributed by atoms with van der Waals surface area (Å²) in [6.45, 7) is 6.26. The van der Waals surface area contributed by atoms with E-state index in [1.165, 1.54) is 0 Å². The third kappa shape index (κ3) is 5.26. The quantitative estimate of drug-likeness (QED) is 0.785. The van der Waals surface area contributed by atoms with Crippen LogP contribution in [0, 0.1) is 0 Å². The van der Waals surface area contributed by atoms with E-state index in [1.807, 2.05) is 32.9 Å². The molecule has 0 saturated carbocycles. The fourth-order valence-corrected chi connectivity index (χ4v) is 1.64. The van der Waals surface area contributed by atoms with Gasteiger partial charge in [-0.25, -0.2) is 4.98 Å². The van der Waals surface area contributed by atoms with Crippen LogP contribution in [-0.4, -0.2) is 23.0 Å². The number of aromatic nitrogens is 1. The summed E-state index contributed by atoms with van der Waals surface area (Å²) in [5.74, 6) is 0.420. The van der Waals surface area contributed by atoms with Crippen LogP contribution >= 0.6 is 0 Å². The van der Waals surface area contributed by atoms with Crippen LogP contribution < -0.4 is 15.8 Å². The van der Waals surface area contributed by atoms with Crippen molar-refractivity contribution in [3.63, 3.8) is 0 Å². The highest BCUT2D eigenvalue weighted by molar-refractivity contribution is 5.81. The molecule has 0 saturated heterocycles. The van der Waals surface area contributed by atoms with Gasteiger partial charge in [0.15, 0.2) is 0 Å². The van der Waals surface area contributed by atoms with Crippen molar-refractivity contribution in [1.29, 1.82) is 0 Å². The number of hydrogen-bond donors (Lipinski definition) is 2. The van der Waals surface area contributed by atoms with Crippen molar-refractivity contribution in [2.75, 3.05) is 0 Å². The SMILES string of the molecule is CCCC(N)C(=O)NCc1cccnc1OC(C)C. The van der Waals surface area contributed by atoms with Gasteiger partial charge in [0.2, 0.25) is 11.8 Å². The highest BCUT2D eigenvalue weighted by atomic mass is 16.5. The van der Waals surface area contributed by atoms with Crippen LogP contribution in [0.15, 0.2) is 18.3 Å². The van der Waals surface area contributed by atoms with E-state index in [9.17, 15) is 4.79 Å². The van der Waals surface area contributed by atoms with Gasteiger partial charge in [0.1, 0.15) is 0 Å². The third-order valence-corrected chi connectivity index (χ3v) is 2.59. The van der Waals surface area contributed by atoms with Gasteiger partial charge in [0.25, 0.3) is 0 Å². The first-order valence-corrected chi connectivity index (χ1v) is 6.68. The van der Waals surface area contributed by atoms with Crippen LogP contribution in [0.4, 0.5) is 0 Å². The molecule has 19 heavy (non-hydrogen) atoms. The predicted octanol–water partition coefficient (Wildman–Crippen LogP) is 1.61. The Morgan fingerprint density at radius 3 is 2.89 bits per heavy atom. The zero-order valence-corrected chi connectivity index (χ0v) is 11.8. The molecule has 0 aliphatic rings. The average Bonchev–Trinajstić information content (AvgIpc) is 2.37. The number of nitrogens with zero attached hydrogens (tertiary/aromatic N) is 1. The van der Waals surface area contributed by atoms with Crippen molar-refractivity contribution in [3.05, 3.63) is 23.9 Å². The molecule has 0 aromatic carbocycles. The van der Waals surface area contributed by atoms with Crippen molar-refractivity contribution in [2.45, 2.75) is 52.3 Å². The van der Waals surface area contributed by atoms with E-state index in [-0.39, 0.29) is 12.0 Å².